The van der Waals surface area contributed by atoms with E-state index < -0.39 is 0 Å². The largest absolute Gasteiger partial charge is 0.497 e. The van der Waals surface area contributed by atoms with Gasteiger partial charge < -0.3 is 10.1 Å². The van der Waals surface area contributed by atoms with Gasteiger partial charge in [0.25, 0.3) is 5.91 Å². The highest BCUT2D eigenvalue weighted by atomic mass is 16.5. The smallest absolute Gasteiger partial charge is 0.256 e. The molecule has 0 aliphatic rings. The standard InChI is InChI=1S/C21H16N2O2/c1-25-17-9-6-8-16(13-17)23-21(24)20-12-5-4-11-19(20)18-10-3-2-7-15(18)14-22/h2-13H,1H3,(H,23,24). The van der Waals surface area contributed by atoms with Crippen molar-refractivity contribution in [1.29, 1.82) is 5.26 Å². The van der Waals surface area contributed by atoms with E-state index in [1.807, 2.05) is 36.4 Å². The molecule has 4 nitrogen and oxygen atoms in total. The number of methoxy groups -OCH3 is 1. The molecule has 3 aromatic rings. The summed E-state index contributed by atoms with van der Waals surface area (Å²) in [5.74, 6) is 0.428. The molecule has 0 saturated carbocycles. The zero-order valence-electron chi connectivity index (χ0n) is 13.7. The Bertz CT molecular complexity index is 958. The Hall–Kier alpha value is -3.58. The van der Waals surface area contributed by atoms with Crippen LogP contribution in [-0.4, -0.2) is 13.0 Å². The van der Waals surface area contributed by atoms with Crippen LogP contribution in [0, 0.1) is 11.3 Å². The van der Waals surface area contributed by atoms with E-state index in [0.29, 0.717) is 22.6 Å². The number of anilines is 1. The number of hydrogen-bond donors (Lipinski definition) is 1. The SMILES string of the molecule is COc1cccc(NC(=O)c2ccccc2-c2ccccc2C#N)c1. The number of nitrogens with zero attached hydrogens (tertiary/aromatic N) is 1. The van der Waals surface area contributed by atoms with Gasteiger partial charge in [-0.05, 0) is 29.8 Å². The predicted molar refractivity (Wildman–Crippen MR) is 97.5 cm³/mol. The number of amides is 1. The molecule has 0 bridgehead atoms. The summed E-state index contributed by atoms with van der Waals surface area (Å²) in [6.07, 6.45) is 0. The summed E-state index contributed by atoms with van der Waals surface area (Å²) >= 11 is 0. The van der Waals surface area contributed by atoms with Gasteiger partial charge >= 0.3 is 0 Å². The van der Waals surface area contributed by atoms with Gasteiger partial charge in [0.2, 0.25) is 0 Å². The molecule has 1 N–H and O–H groups in total. The molecule has 4 heteroatoms. The molecule has 0 aliphatic carbocycles. The molecule has 3 aromatic carbocycles. The van der Waals surface area contributed by atoms with E-state index in [0.717, 1.165) is 11.1 Å². The topological polar surface area (TPSA) is 62.1 Å². The van der Waals surface area contributed by atoms with Gasteiger partial charge in [-0.3, -0.25) is 4.79 Å². The van der Waals surface area contributed by atoms with Crippen molar-refractivity contribution in [3.63, 3.8) is 0 Å². The van der Waals surface area contributed by atoms with Crippen LogP contribution in [-0.2, 0) is 0 Å². The lowest BCUT2D eigenvalue weighted by Crippen LogP contribution is -2.13. The van der Waals surface area contributed by atoms with Crippen LogP contribution < -0.4 is 10.1 Å². The number of nitriles is 1. The minimum absolute atomic E-state index is 0.239. The summed E-state index contributed by atoms with van der Waals surface area (Å²) in [5, 5.41) is 12.2. The van der Waals surface area contributed by atoms with E-state index in [1.165, 1.54) is 0 Å². The van der Waals surface area contributed by atoms with Crippen molar-refractivity contribution in [3.8, 4) is 22.9 Å². The Morgan fingerprint density at radius 3 is 2.44 bits per heavy atom. The molecule has 0 radical (unpaired) electrons. The average molecular weight is 328 g/mol. The Labute approximate surface area is 146 Å². The van der Waals surface area contributed by atoms with Crippen LogP contribution in [0.2, 0.25) is 0 Å². The zero-order valence-corrected chi connectivity index (χ0v) is 13.7. The number of hydrogen-bond acceptors (Lipinski definition) is 3. The summed E-state index contributed by atoms with van der Waals surface area (Å²) in [7, 11) is 1.58. The first kappa shape index (κ1) is 16.3. The number of rotatable bonds is 4. The maximum atomic E-state index is 12.8. The molecule has 0 spiro atoms. The van der Waals surface area contributed by atoms with Crippen molar-refractivity contribution < 1.29 is 9.53 Å². The van der Waals surface area contributed by atoms with E-state index in [4.69, 9.17) is 4.74 Å². The van der Waals surface area contributed by atoms with Gasteiger partial charge in [0, 0.05) is 22.9 Å². The molecule has 0 saturated heterocycles. The number of carbonyl (C=O) groups excluding carboxylic acids is 1. The minimum Gasteiger partial charge on any atom is -0.497 e. The third-order valence-corrected chi connectivity index (χ3v) is 3.84. The first-order valence-corrected chi connectivity index (χ1v) is 7.77. The summed E-state index contributed by atoms with van der Waals surface area (Å²) in [6.45, 7) is 0. The molecule has 0 unspecified atom stereocenters. The third-order valence-electron chi connectivity index (χ3n) is 3.84. The van der Waals surface area contributed by atoms with Gasteiger partial charge in [0.05, 0.1) is 18.7 Å². The van der Waals surface area contributed by atoms with E-state index in [2.05, 4.69) is 11.4 Å². The lowest BCUT2D eigenvalue weighted by Gasteiger charge is -2.12. The van der Waals surface area contributed by atoms with Gasteiger partial charge in [0.1, 0.15) is 5.75 Å². The second-order valence-electron chi connectivity index (χ2n) is 5.39. The van der Waals surface area contributed by atoms with Crippen molar-refractivity contribution in [2.45, 2.75) is 0 Å². The summed E-state index contributed by atoms with van der Waals surface area (Å²) in [5.41, 5.74) is 3.14. The van der Waals surface area contributed by atoms with Crippen molar-refractivity contribution >= 4 is 11.6 Å². The highest BCUT2D eigenvalue weighted by molar-refractivity contribution is 6.09. The number of nitrogens with one attached hydrogen (secondary N) is 1. The Balaban J connectivity index is 1.98. The van der Waals surface area contributed by atoms with E-state index >= 15 is 0 Å². The normalized spacial score (nSPS) is 9.92. The lowest BCUT2D eigenvalue weighted by molar-refractivity contribution is 0.102. The van der Waals surface area contributed by atoms with Crippen LogP contribution in [0.25, 0.3) is 11.1 Å². The monoisotopic (exact) mass is 328 g/mol. The molecule has 1 amide bonds. The zero-order chi connectivity index (χ0) is 17.6. The summed E-state index contributed by atoms with van der Waals surface area (Å²) in [4.78, 5) is 12.8. The Kier molecular flexibility index (Phi) is 4.77. The third kappa shape index (κ3) is 3.51. The molecule has 0 aliphatic heterocycles. The fourth-order valence-electron chi connectivity index (χ4n) is 2.63. The summed E-state index contributed by atoms with van der Waals surface area (Å²) in [6, 6.07) is 23.8. The van der Waals surface area contributed by atoms with Gasteiger partial charge in [-0.15, -0.1) is 0 Å². The van der Waals surface area contributed by atoms with Crippen LogP contribution in [0.5, 0.6) is 5.75 Å². The molecule has 0 heterocycles. The molecule has 122 valence electrons. The molecule has 0 atom stereocenters. The number of ether oxygens (including phenoxy) is 1. The molecule has 0 fully saturated rings. The van der Waals surface area contributed by atoms with Crippen LogP contribution in [0.1, 0.15) is 15.9 Å². The molecule has 25 heavy (non-hydrogen) atoms. The van der Waals surface area contributed by atoms with Crippen LogP contribution in [0.3, 0.4) is 0 Å². The van der Waals surface area contributed by atoms with Crippen molar-refractivity contribution in [2.24, 2.45) is 0 Å². The first-order valence-electron chi connectivity index (χ1n) is 7.77. The van der Waals surface area contributed by atoms with Crippen molar-refractivity contribution in [2.75, 3.05) is 12.4 Å². The highest BCUT2D eigenvalue weighted by Crippen LogP contribution is 2.27. The van der Waals surface area contributed by atoms with Crippen LogP contribution in [0.4, 0.5) is 5.69 Å². The fraction of sp³-hybridized carbons (Fsp3) is 0.0476. The Morgan fingerprint density at radius 1 is 0.960 bits per heavy atom. The van der Waals surface area contributed by atoms with Gasteiger partial charge in [-0.2, -0.15) is 5.26 Å². The minimum atomic E-state index is -0.239. The van der Waals surface area contributed by atoms with Crippen LogP contribution >= 0.6 is 0 Å². The molecule has 3 rings (SSSR count). The highest BCUT2D eigenvalue weighted by Gasteiger charge is 2.15. The van der Waals surface area contributed by atoms with Gasteiger partial charge in [-0.1, -0.05) is 42.5 Å². The second-order valence-corrected chi connectivity index (χ2v) is 5.39. The number of carbonyl (C=O) groups is 1. The van der Waals surface area contributed by atoms with E-state index in [1.54, 1.807) is 43.5 Å². The van der Waals surface area contributed by atoms with E-state index in [-0.39, 0.29) is 5.91 Å². The van der Waals surface area contributed by atoms with E-state index in [9.17, 15) is 10.1 Å². The van der Waals surface area contributed by atoms with Crippen LogP contribution in [0.15, 0.2) is 72.8 Å². The molecular formula is C21H16N2O2. The molecule has 0 aromatic heterocycles. The number of benzene rings is 3. The van der Waals surface area contributed by atoms with Crippen molar-refractivity contribution in [3.05, 3.63) is 83.9 Å². The maximum Gasteiger partial charge on any atom is 0.256 e. The first-order chi connectivity index (χ1) is 12.2. The average Bonchev–Trinajstić information content (AvgIpc) is 2.68. The Morgan fingerprint density at radius 2 is 1.68 bits per heavy atom. The fourth-order valence-corrected chi connectivity index (χ4v) is 2.63. The molecular weight excluding hydrogens is 312 g/mol. The quantitative estimate of drug-likeness (QED) is 0.768. The second kappa shape index (κ2) is 7.33. The van der Waals surface area contributed by atoms with Gasteiger partial charge in [-0.25, -0.2) is 0 Å². The van der Waals surface area contributed by atoms with Crippen molar-refractivity contribution in [1.82, 2.24) is 0 Å². The summed E-state index contributed by atoms with van der Waals surface area (Å²) < 4.78 is 5.18. The lowest BCUT2D eigenvalue weighted by atomic mass is 9.95. The maximum absolute atomic E-state index is 12.8. The predicted octanol–water partition coefficient (Wildman–Crippen LogP) is 4.49. The van der Waals surface area contributed by atoms with Gasteiger partial charge in [0.15, 0.2) is 0 Å².